The van der Waals surface area contributed by atoms with E-state index in [1.165, 1.54) is 0 Å². The Morgan fingerprint density at radius 3 is 2.89 bits per heavy atom. The molecule has 1 aliphatic rings. The molecule has 1 fully saturated rings. The summed E-state index contributed by atoms with van der Waals surface area (Å²) in [7, 11) is -3.70. The van der Waals surface area contributed by atoms with Crippen LogP contribution in [0.25, 0.3) is 10.2 Å². The molecule has 2 aromatic carbocycles. The van der Waals surface area contributed by atoms with Crippen LogP contribution in [0.3, 0.4) is 0 Å². The van der Waals surface area contributed by atoms with Crippen LogP contribution in [-0.2, 0) is 10.0 Å². The highest BCUT2D eigenvalue weighted by Crippen LogP contribution is 2.41. The minimum Gasteiger partial charge on any atom is -0.492 e. The van der Waals surface area contributed by atoms with Gasteiger partial charge in [0.15, 0.2) is 0 Å². The molecular weight excluding hydrogens is 448 g/mol. The van der Waals surface area contributed by atoms with E-state index in [-0.39, 0.29) is 10.9 Å². The molecule has 0 unspecified atom stereocenters. The van der Waals surface area contributed by atoms with E-state index in [9.17, 15) is 8.42 Å². The normalized spacial score (nSPS) is 18.2. The first kappa shape index (κ1) is 18.9. The summed E-state index contributed by atoms with van der Waals surface area (Å²) < 4.78 is 35.9. The van der Waals surface area contributed by atoms with Gasteiger partial charge in [0.05, 0.1) is 22.9 Å². The number of aromatic nitrogens is 1. The SMILES string of the molecule is CCOc1ccc(Br)cc1S(=O)(=O)N1CCC[C@H]1c1nc2ccccc2s1. The van der Waals surface area contributed by atoms with E-state index in [0.29, 0.717) is 23.4 Å². The molecule has 0 amide bonds. The Morgan fingerprint density at radius 2 is 2.11 bits per heavy atom. The Kier molecular flexibility index (Phi) is 5.24. The minimum atomic E-state index is -3.70. The number of ether oxygens (including phenoxy) is 1. The number of sulfonamides is 1. The molecule has 1 saturated heterocycles. The van der Waals surface area contributed by atoms with Gasteiger partial charge >= 0.3 is 0 Å². The summed E-state index contributed by atoms with van der Waals surface area (Å²) in [5.74, 6) is 0.385. The number of para-hydroxylation sites is 1. The zero-order valence-corrected chi connectivity index (χ0v) is 18.0. The van der Waals surface area contributed by atoms with Crippen molar-refractivity contribution < 1.29 is 13.2 Å². The third-order valence-corrected chi connectivity index (χ3v) is 8.15. The molecule has 4 rings (SSSR count). The van der Waals surface area contributed by atoms with Crippen LogP contribution in [0, 0.1) is 0 Å². The number of hydrogen-bond acceptors (Lipinski definition) is 5. The van der Waals surface area contributed by atoms with E-state index in [1.54, 1.807) is 33.8 Å². The van der Waals surface area contributed by atoms with Gasteiger partial charge in [-0.2, -0.15) is 4.31 Å². The molecule has 2 heterocycles. The van der Waals surface area contributed by atoms with Gasteiger partial charge in [-0.25, -0.2) is 13.4 Å². The van der Waals surface area contributed by atoms with Crippen molar-refractivity contribution in [3.63, 3.8) is 0 Å². The largest absolute Gasteiger partial charge is 0.492 e. The van der Waals surface area contributed by atoms with Crippen LogP contribution in [0.5, 0.6) is 5.75 Å². The van der Waals surface area contributed by atoms with Crippen LogP contribution in [0.4, 0.5) is 0 Å². The molecule has 5 nitrogen and oxygen atoms in total. The molecule has 27 heavy (non-hydrogen) atoms. The molecule has 0 N–H and O–H groups in total. The van der Waals surface area contributed by atoms with E-state index < -0.39 is 10.0 Å². The molecule has 1 aromatic heterocycles. The quantitative estimate of drug-likeness (QED) is 0.531. The molecule has 3 aromatic rings. The topological polar surface area (TPSA) is 59.5 Å². The fourth-order valence-corrected chi connectivity index (χ4v) is 6.91. The van der Waals surface area contributed by atoms with E-state index >= 15 is 0 Å². The molecular formula is C19H19BrN2O3S2. The maximum absolute atomic E-state index is 13.5. The molecule has 1 aliphatic heterocycles. The molecule has 8 heteroatoms. The number of fused-ring (bicyclic) bond motifs is 1. The highest BCUT2D eigenvalue weighted by atomic mass is 79.9. The predicted molar refractivity (Wildman–Crippen MR) is 111 cm³/mol. The van der Waals surface area contributed by atoms with Crippen molar-refractivity contribution in [2.45, 2.75) is 30.7 Å². The van der Waals surface area contributed by atoms with Gasteiger partial charge in [-0.15, -0.1) is 11.3 Å². The van der Waals surface area contributed by atoms with Crippen LogP contribution in [0.1, 0.15) is 30.8 Å². The second-order valence-corrected chi connectivity index (χ2v) is 10.2. The smallest absolute Gasteiger partial charge is 0.247 e. The lowest BCUT2D eigenvalue weighted by atomic mass is 10.2. The Bertz CT molecular complexity index is 1050. The van der Waals surface area contributed by atoms with Crippen molar-refractivity contribution in [2.24, 2.45) is 0 Å². The lowest BCUT2D eigenvalue weighted by Gasteiger charge is -2.24. The van der Waals surface area contributed by atoms with Crippen LogP contribution in [0.2, 0.25) is 0 Å². The molecule has 0 saturated carbocycles. The van der Waals surface area contributed by atoms with Gasteiger partial charge in [-0.05, 0) is 50.1 Å². The average Bonchev–Trinajstić information content (AvgIpc) is 3.30. The summed E-state index contributed by atoms with van der Waals surface area (Å²) in [6, 6.07) is 12.8. The number of benzene rings is 2. The van der Waals surface area contributed by atoms with Gasteiger partial charge in [-0.3, -0.25) is 0 Å². The third-order valence-electron chi connectivity index (χ3n) is 4.59. The number of halogens is 1. The van der Waals surface area contributed by atoms with E-state index in [4.69, 9.17) is 9.72 Å². The van der Waals surface area contributed by atoms with Crippen LogP contribution >= 0.6 is 27.3 Å². The number of thiazole rings is 1. The second-order valence-electron chi connectivity index (χ2n) is 6.32. The molecule has 0 bridgehead atoms. The summed E-state index contributed by atoms with van der Waals surface area (Å²) in [6.07, 6.45) is 1.59. The van der Waals surface area contributed by atoms with Crippen molar-refractivity contribution in [2.75, 3.05) is 13.2 Å². The zero-order valence-electron chi connectivity index (χ0n) is 14.8. The fraction of sp³-hybridized carbons (Fsp3) is 0.316. The van der Waals surface area contributed by atoms with Gasteiger partial charge in [0.25, 0.3) is 0 Å². The van der Waals surface area contributed by atoms with Crippen LogP contribution < -0.4 is 4.74 Å². The summed E-state index contributed by atoms with van der Waals surface area (Å²) in [5.41, 5.74) is 0.916. The first-order valence-corrected chi connectivity index (χ1v) is 11.9. The first-order valence-electron chi connectivity index (χ1n) is 8.80. The Balaban J connectivity index is 1.76. The molecule has 0 radical (unpaired) electrons. The van der Waals surface area contributed by atoms with Crippen molar-refractivity contribution >= 4 is 47.5 Å². The lowest BCUT2D eigenvalue weighted by Crippen LogP contribution is -2.31. The van der Waals surface area contributed by atoms with Gasteiger partial charge in [0, 0.05) is 11.0 Å². The highest BCUT2D eigenvalue weighted by Gasteiger charge is 2.39. The summed E-state index contributed by atoms with van der Waals surface area (Å²) in [4.78, 5) is 4.90. The summed E-state index contributed by atoms with van der Waals surface area (Å²) in [5, 5.41) is 0.852. The maximum atomic E-state index is 13.5. The van der Waals surface area contributed by atoms with Gasteiger partial charge in [-0.1, -0.05) is 28.1 Å². The number of hydrogen-bond donors (Lipinski definition) is 0. The van der Waals surface area contributed by atoms with Crippen LogP contribution in [-0.4, -0.2) is 30.9 Å². The monoisotopic (exact) mass is 466 g/mol. The molecule has 0 aliphatic carbocycles. The number of nitrogens with zero attached hydrogens (tertiary/aromatic N) is 2. The number of rotatable bonds is 5. The van der Waals surface area contributed by atoms with Gasteiger partial charge < -0.3 is 4.74 Å². The van der Waals surface area contributed by atoms with E-state index in [0.717, 1.165) is 28.1 Å². The van der Waals surface area contributed by atoms with E-state index in [2.05, 4.69) is 15.9 Å². The second kappa shape index (κ2) is 7.50. The van der Waals surface area contributed by atoms with Crippen molar-refractivity contribution in [3.05, 3.63) is 51.9 Å². The van der Waals surface area contributed by atoms with Crippen LogP contribution in [0.15, 0.2) is 51.8 Å². The summed E-state index contributed by atoms with van der Waals surface area (Å²) in [6.45, 7) is 2.74. The zero-order chi connectivity index (χ0) is 19.0. The molecule has 142 valence electrons. The Labute approximate surface area is 171 Å². The first-order chi connectivity index (χ1) is 13.0. The standard InChI is InChI=1S/C19H19BrN2O3S2/c1-2-25-16-10-9-13(20)12-18(16)27(23,24)22-11-5-7-15(22)19-21-14-6-3-4-8-17(14)26-19/h3-4,6,8-10,12,15H,2,5,7,11H2,1H3/t15-/m0/s1. The van der Waals surface area contributed by atoms with Crippen molar-refractivity contribution in [3.8, 4) is 5.75 Å². The third kappa shape index (κ3) is 3.51. The van der Waals surface area contributed by atoms with Gasteiger partial charge in [0.2, 0.25) is 10.0 Å². The maximum Gasteiger partial charge on any atom is 0.247 e. The minimum absolute atomic E-state index is 0.201. The van der Waals surface area contributed by atoms with Crippen molar-refractivity contribution in [1.82, 2.24) is 9.29 Å². The highest BCUT2D eigenvalue weighted by molar-refractivity contribution is 9.10. The average molecular weight is 467 g/mol. The lowest BCUT2D eigenvalue weighted by molar-refractivity contribution is 0.327. The van der Waals surface area contributed by atoms with Gasteiger partial charge in [0.1, 0.15) is 15.7 Å². The Morgan fingerprint density at radius 1 is 1.30 bits per heavy atom. The Hall–Kier alpha value is -1.48. The van der Waals surface area contributed by atoms with E-state index in [1.807, 2.05) is 31.2 Å². The molecule has 1 atom stereocenters. The molecule has 0 spiro atoms. The fourth-order valence-electron chi connectivity index (χ4n) is 3.39. The summed E-state index contributed by atoms with van der Waals surface area (Å²) >= 11 is 4.95. The van der Waals surface area contributed by atoms with Crippen molar-refractivity contribution in [1.29, 1.82) is 0 Å². The predicted octanol–water partition coefficient (Wildman–Crippen LogP) is 4.98.